The number of carbonyl (C=O) groups is 4. The van der Waals surface area contributed by atoms with Gasteiger partial charge in [-0.3, -0.25) is 14.5 Å². The Morgan fingerprint density at radius 3 is 2.19 bits per heavy atom. The summed E-state index contributed by atoms with van der Waals surface area (Å²) in [6, 6.07) is 11.9. The summed E-state index contributed by atoms with van der Waals surface area (Å²) in [4.78, 5) is 65.4. The van der Waals surface area contributed by atoms with Gasteiger partial charge in [0.2, 0.25) is 0 Å². The van der Waals surface area contributed by atoms with Crippen molar-refractivity contribution in [2.45, 2.75) is 84.4 Å². The molecule has 57 heavy (non-hydrogen) atoms. The third-order valence-electron chi connectivity index (χ3n) is 11.9. The van der Waals surface area contributed by atoms with Crippen molar-refractivity contribution in [3.05, 3.63) is 58.7 Å². The van der Waals surface area contributed by atoms with Crippen LogP contribution in [-0.2, 0) is 31.9 Å². The second-order valence-electron chi connectivity index (χ2n) is 16.1. The number of benzene rings is 2. The number of rotatable bonds is 12. The van der Waals surface area contributed by atoms with Crippen LogP contribution < -0.4 is 5.32 Å². The third kappa shape index (κ3) is 11.6. The summed E-state index contributed by atoms with van der Waals surface area (Å²) in [6.45, 7) is 11.4. The Kier molecular flexibility index (Phi) is 15.6. The van der Waals surface area contributed by atoms with Crippen LogP contribution in [-0.4, -0.2) is 169 Å². The van der Waals surface area contributed by atoms with Crippen molar-refractivity contribution in [2.24, 2.45) is 0 Å². The number of aromatic hydroxyl groups is 1. The Labute approximate surface area is 339 Å². The fourth-order valence-electron chi connectivity index (χ4n) is 8.53. The van der Waals surface area contributed by atoms with E-state index in [1.54, 1.807) is 4.90 Å². The lowest BCUT2D eigenvalue weighted by molar-refractivity contribution is -0.145. The number of esters is 1. The zero-order chi connectivity index (χ0) is 39.8. The van der Waals surface area contributed by atoms with Crippen LogP contribution in [0.5, 0.6) is 5.75 Å². The first-order valence-corrected chi connectivity index (χ1v) is 20.4. The number of urea groups is 1. The molecular formula is C43H65N7O7. The van der Waals surface area contributed by atoms with E-state index in [0.29, 0.717) is 82.3 Å². The maximum absolute atomic E-state index is 14.2. The molecule has 0 spiro atoms. The molecule has 3 saturated heterocycles. The van der Waals surface area contributed by atoms with Crippen molar-refractivity contribution in [3.8, 4) is 5.75 Å². The molecular weight excluding hydrogens is 727 g/mol. The first kappa shape index (κ1) is 43.7. The van der Waals surface area contributed by atoms with E-state index in [1.165, 1.54) is 0 Å². The Morgan fingerprint density at radius 1 is 0.877 bits per heavy atom. The summed E-state index contributed by atoms with van der Waals surface area (Å²) in [5.41, 5.74) is 4.20. The number of aryl methyl sites for hydroxylation is 2. The molecule has 6 rings (SSSR count). The molecule has 0 aliphatic carbocycles. The fraction of sp³-hybridized carbons (Fsp3) is 0.628. The van der Waals surface area contributed by atoms with Gasteiger partial charge in [0.25, 0.3) is 5.91 Å². The largest absolute Gasteiger partial charge is 0.507 e. The summed E-state index contributed by atoms with van der Waals surface area (Å²) < 4.78 is 11.4. The number of phenolic OH excluding ortho intramolecular Hbond substituents is 1. The summed E-state index contributed by atoms with van der Waals surface area (Å²) in [5.74, 6) is -0.132. The van der Waals surface area contributed by atoms with E-state index in [2.05, 4.69) is 15.1 Å². The molecule has 1 atom stereocenters. The highest BCUT2D eigenvalue weighted by Gasteiger charge is 2.36. The van der Waals surface area contributed by atoms with E-state index >= 15 is 0 Å². The number of amides is 4. The van der Waals surface area contributed by atoms with Crippen molar-refractivity contribution < 1.29 is 33.8 Å². The quantitative estimate of drug-likeness (QED) is 0.299. The van der Waals surface area contributed by atoms with Gasteiger partial charge in [0, 0.05) is 83.1 Å². The van der Waals surface area contributed by atoms with Gasteiger partial charge in [0.05, 0.1) is 6.42 Å². The van der Waals surface area contributed by atoms with Gasteiger partial charge in [0.1, 0.15) is 12.4 Å². The van der Waals surface area contributed by atoms with Crippen molar-refractivity contribution in [1.82, 2.24) is 29.4 Å². The predicted molar refractivity (Wildman–Crippen MR) is 220 cm³/mol. The maximum atomic E-state index is 14.2. The second kappa shape index (κ2) is 20.3. The van der Waals surface area contributed by atoms with Gasteiger partial charge in [-0.05, 0) is 101 Å². The average molecular weight is 792 g/mol. The fourth-order valence-corrected chi connectivity index (χ4v) is 8.53. The van der Waals surface area contributed by atoms with E-state index < -0.39 is 12.2 Å². The number of ether oxygens (including phenoxy) is 2. The van der Waals surface area contributed by atoms with E-state index in [-0.39, 0.29) is 43.5 Å². The number of anilines is 1. The summed E-state index contributed by atoms with van der Waals surface area (Å²) in [7, 11) is 3.91. The van der Waals surface area contributed by atoms with Gasteiger partial charge < -0.3 is 44.4 Å². The van der Waals surface area contributed by atoms with E-state index in [4.69, 9.17) is 9.47 Å². The van der Waals surface area contributed by atoms with Crippen LogP contribution in [0.3, 0.4) is 0 Å². The molecule has 3 fully saturated rings. The number of para-hydroxylation sites is 1. The second-order valence-corrected chi connectivity index (χ2v) is 16.1. The topological polar surface area (TPSA) is 138 Å². The number of likely N-dealkylation sites (tertiary alicyclic amines) is 2. The molecule has 0 radical (unpaired) electrons. The van der Waals surface area contributed by atoms with Crippen molar-refractivity contribution in [3.63, 3.8) is 0 Å². The SMILES string of the molecule is C.Cc1cc(C[C@@H](OC(=O)N2CCC(N3CCc4ccccc4NC3=O)CC2)C(=O)N2CCN(C3CCN(CCC(=O)OCCN(C)C)CC3)CC2)cc(C)c1O. The molecule has 2 N–H and O–H groups in total. The Bertz CT molecular complexity index is 1660. The first-order valence-electron chi connectivity index (χ1n) is 20.4. The molecule has 0 aromatic heterocycles. The summed E-state index contributed by atoms with van der Waals surface area (Å²) >= 11 is 0. The number of likely N-dealkylation sites (N-methyl/N-ethyl adjacent to an activating group) is 1. The molecule has 2 aromatic carbocycles. The highest BCUT2D eigenvalue weighted by Crippen LogP contribution is 2.27. The van der Waals surface area contributed by atoms with Crippen molar-refractivity contribution in [1.29, 1.82) is 0 Å². The molecule has 0 saturated carbocycles. The van der Waals surface area contributed by atoms with Crippen LogP contribution in [0.1, 0.15) is 61.8 Å². The normalized spacial score (nSPS) is 19.3. The maximum Gasteiger partial charge on any atom is 0.410 e. The number of piperazine rings is 1. The van der Waals surface area contributed by atoms with Crippen LogP contribution in [0, 0.1) is 13.8 Å². The minimum atomic E-state index is -1.01. The first-order chi connectivity index (χ1) is 26.9. The van der Waals surface area contributed by atoms with Crippen LogP contribution >= 0.6 is 0 Å². The highest BCUT2D eigenvalue weighted by molar-refractivity contribution is 5.91. The standard InChI is InChI=1S/C42H61N7O7.CH4/c1-30-27-32(28-31(2)39(30)51)29-37(56-42(54)48-18-12-35(13-19-48)49-20-9-33-7-5-6-8-36(33)43-41(49)53)40(52)47-23-21-46(22-24-47)34-10-15-45(16-11-34)17-14-38(50)55-26-25-44(3)4;/h5-8,27-28,34-35,37,51H,9-26,29H2,1-4H3,(H,43,53);1H4/t37-;/m1./s1. The van der Waals surface area contributed by atoms with E-state index in [9.17, 15) is 24.3 Å². The van der Waals surface area contributed by atoms with Gasteiger partial charge >= 0.3 is 18.1 Å². The number of fused-ring (bicyclic) bond motifs is 1. The lowest BCUT2D eigenvalue weighted by atomic mass is 10.00. The van der Waals surface area contributed by atoms with Gasteiger partial charge in [-0.1, -0.05) is 37.8 Å². The summed E-state index contributed by atoms with van der Waals surface area (Å²) in [5, 5.41) is 13.5. The predicted octanol–water partition coefficient (Wildman–Crippen LogP) is 4.35. The lowest BCUT2D eigenvalue weighted by Gasteiger charge is -2.43. The zero-order valence-electron chi connectivity index (χ0n) is 33.7. The van der Waals surface area contributed by atoms with Crippen LogP contribution in [0.4, 0.5) is 15.3 Å². The molecule has 4 amide bonds. The van der Waals surface area contributed by atoms with Crippen molar-refractivity contribution >= 4 is 29.7 Å². The third-order valence-corrected chi connectivity index (χ3v) is 11.9. The minimum absolute atomic E-state index is 0. The Hall–Kier alpha value is -4.40. The number of piperidine rings is 2. The number of nitrogens with one attached hydrogen (secondary N) is 1. The molecule has 314 valence electrons. The Morgan fingerprint density at radius 2 is 1.53 bits per heavy atom. The molecule has 0 bridgehead atoms. The van der Waals surface area contributed by atoms with Crippen LogP contribution in [0.2, 0.25) is 0 Å². The molecule has 4 aliphatic rings. The van der Waals surface area contributed by atoms with Gasteiger partial charge in [-0.25, -0.2) is 9.59 Å². The zero-order valence-corrected chi connectivity index (χ0v) is 33.7. The van der Waals surface area contributed by atoms with Gasteiger partial charge in [0.15, 0.2) is 6.10 Å². The van der Waals surface area contributed by atoms with E-state index in [1.807, 2.05) is 79.0 Å². The highest BCUT2D eigenvalue weighted by atomic mass is 16.6. The molecule has 14 nitrogen and oxygen atoms in total. The monoisotopic (exact) mass is 791 g/mol. The van der Waals surface area contributed by atoms with E-state index in [0.717, 1.165) is 68.8 Å². The minimum Gasteiger partial charge on any atom is -0.507 e. The molecule has 2 aromatic rings. The van der Waals surface area contributed by atoms with Crippen molar-refractivity contribution in [2.75, 3.05) is 98.0 Å². The number of nitrogens with zero attached hydrogens (tertiary/aromatic N) is 6. The average Bonchev–Trinajstić information content (AvgIpc) is 3.36. The van der Waals surface area contributed by atoms with Crippen LogP contribution in [0.15, 0.2) is 36.4 Å². The molecule has 4 aliphatic heterocycles. The molecule has 14 heteroatoms. The summed E-state index contributed by atoms with van der Waals surface area (Å²) in [6.07, 6.45) is 3.11. The van der Waals surface area contributed by atoms with Gasteiger partial charge in [-0.2, -0.15) is 0 Å². The smallest absolute Gasteiger partial charge is 0.410 e. The van der Waals surface area contributed by atoms with Gasteiger partial charge in [-0.15, -0.1) is 0 Å². The molecule has 4 heterocycles. The lowest BCUT2D eigenvalue weighted by Crippen LogP contribution is -2.56. The number of hydrogen-bond acceptors (Lipinski definition) is 10. The molecule has 0 unspecified atom stereocenters. The number of phenols is 1. The number of hydrogen-bond donors (Lipinski definition) is 2. The Balaban J connectivity index is 0.00000620. The van der Waals surface area contributed by atoms with Crippen LogP contribution in [0.25, 0.3) is 0 Å². The number of carbonyl (C=O) groups excluding carboxylic acids is 4.